The smallest absolute Gasteiger partial charge is 0.311 e. The van der Waals surface area contributed by atoms with Crippen molar-refractivity contribution in [3.63, 3.8) is 0 Å². The van der Waals surface area contributed by atoms with Crippen molar-refractivity contribution in [3.8, 4) is 0 Å². The first kappa shape index (κ1) is 11.0. The molecule has 0 atom stereocenters. The van der Waals surface area contributed by atoms with Crippen molar-refractivity contribution in [3.05, 3.63) is 30.1 Å². The number of alkyl halides is 2. The molecular formula is C10H13F2NO. The van der Waals surface area contributed by atoms with Gasteiger partial charge < -0.3 is 4.74 Å². The van der Waals surface area contributed by atoms with Crippen LogP contribution in [-0.4, -0.2) is 10.6 Å². The minimum Gasteiger partial charge on any atom is -0.311 e. The molecule has 0 fully saturated rings. The summed E-state index contributed by atoms with van der Waals surface area (Å²) in [4.78, 5) is 3.62. The molecule has 1 heterocycles. The van der Waals surface area contributed by atoms with E-state index in [1.54, 1.807) is 20.8 Å². The van der Waals surface area contributed by atoms with Gasteiger partial charge in [-0.05, 0) is 32.9 Å². The Morgan fingerprint density at radius 2 is 1.93 bits per heavy atom. The molecule has 4 heteroatoms. The SMILES string of the molecule is CC(C)(C)OC(F)(F)c1cccnc1. The summed E-state index contributed by atoms with van der Waals surface area (Å²) < 4.78 is 31.4. The lowest BCUT2D eigenvalue weighted by molar-refractivity contribution is -0.293. The Kier molecular flexibility index (Phi) is 2.85. The summed E-state index contributed by atoms with van der Waals surface area (Å²) >= 11 is 0. The largest absolute Gasteiger partial charge is 0.385 e. The average molecular weight is 201 g/mol. The van der Waals surface area contributed by atoms with Crippen molar-refractivity contribution in [2.45, 2.75) is 32.5 Å². The molecule has 0 bridgehead atoms. The molecule has 1 aromatic rings. The van der Waals surface area contributed by atoms with Gasteiger partial charge in [0.05, 0.1) is 11.2 Å². The van der Waals surface area contributed by atoms with Gasteiger partial charge in [-0.1, -0.05) is 0 Å². The highest BCUT2D eigenvalue weighted by molar-refractivity contribution is 5.12. The van der Waals surface area contributed by atoms with Gasteiger partial charge in [-0.3, -0.25) is 4.98 Å². The zero-order chi connectivity index (χ0) is 10.8. The van der Waals surface area contributed by atoms with E-state index in [1.807, 2.05) is 0 Å². The van der Waals surface area contributed by atoms with Gasteiger partial charge in [0.1, 0.15) is 0 Å². The van der Waals surface area contributed by atoms with Gasteiger partial charge in [-0.15, -0.1) is 0 Å². The van der Waals surface area contributed by atoms with Crippen molar-refractivity contribution in [2.24, 2.45) is 0 Å². The van der Waals surface area contributed by atoms with Crippen LogP contribution in [0, 0.1) is 0 Å². The molecule has 0 saturated carbocycles. The van der Waals surface area contributed by atoms with E-state index >= 15 is 0 Å². The lowest BCUT2D eigenvalue weighted by atomic mass is 10.2. The normalized spacial score (nSPS) is 12.9. The number of pyridine rings is 1. The van der Waals surface area contributed by atoms with Crippen LogP contribution >= 0.6 is 0 Å². The molecule has 0 aromatic carbocycles. The van der Waals surface area contributed by atoms with Gasteiger partial charge in [0.2, 0.25) is 0 Å². The maximum atomic E-state index is 13.4. The predicted molar refractivity (Wildman–Crippen MR) is 49.0 cm³/mol. The predicted octanol–water partition coefficient (Wildman–Crippen LogP) is 2.95. The molecule has 0 unspecified atom stereocenters. The molecule has 0 spiro atoms. The van der Waals surface area contributed by atoms with Gasteiger partial charge >= 0.3 is 6.11 Å². The van der Waals surface area contributed by atoms with Crippen molar-refractivity contribution < 1.29 is 13.5 Å². The van der Waals surface area contributed by atoms with Crippen LogP contribution in [0.15, 0.2) is 24.5 Å². The van der Waals surface area contributed by atoms with Gasteiger partial charge in [0, 0.05) is 12.4 Å². The van der Waals surface area contributed by atoms with Gasteiger partial charge in [-0.2, -0.15) is 8.78 Å². The molecular weight excluding hydrogens is 188 g/mol. The third-order valence-corrected chi connectivity index (χ3v) is 1.43. The van der Waals surface area contributed by atoms with Crippen LogP contribution in [0.1, 0.15) is 26.3 Å². The Morgan fingerprint density at radius 1 is 1.29 bits per heavy atom. The fourth-order valence-electron chi connectivity index (χ4n) is 0.978. The van der Waals surface area contributed by atoms with E-state index in [-0.39, 0.29) is 5.56 Å². The third kappa shape index (κ3) is 3.03. The molecule has 0 aliphatic heterocycles. The summed E-state index contributed by atoms with van der Waals surface area (Å²) in [6.45, 7) is 4.74. The first-order valence-electron chi connectivity index (χ1n) is 4.30. The first-order valence-corrected chi connectivity index (χ1v) is 4.30. The van der Waals surface area contributed by atoms with E-state index in [2.05, 4.69) is 9.72 Å². The Hall–Kier alpha value is -1.03. The lowest BCUT2D eigenvalue weighted by Gasteiger charge is -2.26. The minimum atomic E-state index is -3.29. The van der Waals surface area contributed by atoms with Gasteiger partial charge in [0.15, 0.2) is 0 Å². The number of ether oxygens (including phenoxy) is 1. The highest BCUT2D eigenvalue weighted by atomic mass is 19.3. The molecule has 78 valence electrons. The van der Waals surface area contributed by atoms with Crippen molar-refractivity contribution in [1.82, 2.24) is 4.98 Å². The zero-order valence-electron chi connectivity index (χ0n) is 8.42. The third-order valence-electron chi connectivity index (χ3n) is 1.43. The molecule has 0 N–H and O–H groups in total. The van der Waals surface area contributed by atoms with Crippen LogP contribution in [0.4, 0.5) is 8.78 Å². The van der Waals surface area contributed by atoms with E-state index in [4.69, 9.17) is 0 Å². The zero-order valence-corrected chi connectivity index (χ0v) is 8.42. The van der Waals surface area contributed by atoms with E-state index in [0.29, 0.717) is 0 Å². The number of hydrogen-bond donors (Lipinski definition) is 0. The van der Waals surface area contributed by atoms with E-state index in [0.717, 1.165) is 6.20 Å². The monoisotopic (exact) mass is 201 g/mol. The summed E-state index contributed by atoms with van der Waals surface area (Å²) in [7, 11) is 0. The highest BCUT2D eigenvalue weighted by Gasteiger charge is 2.37. The van der Waals surface area contributed by atoms with E-state index < -0.39 is 11.7 Å². The maximum absolute atomic E-state index is 13.4. The van der Waals surface area contributed by atoms with Gasteiger partial charge in [0.25, 0.3) is 0 Å². The van der Waals surface area contributed by atoms with Gasteiger partial charge in [-0.25, -0.2) is 0 Å². The maximum Gasteiger partial charge on any atom is 0.385 e. The molecule has 1 rings (SSSR count). The Balaban J connectivity index is 2.86. The molecule has 2 nitrogen and oxygen atoms in total. The van der Waals surface area contributed by atoms with Crippen LogP contribution in [0.25, 0.3) is 0 Å². The number of hydrogen-bond acceptors (Lipinski definition) is 2. The Bertz CT molecular complexity index is 293. The molecule has 0 aliphatic carbocycles. The fraction of sp³-hybridized carbons (Fsp3) is 0.500. The quantitative estimate of drug-likeness (QED) is 0.733. The lowest BCUT2D eigenvalue weighted by Crippen LogP contribution is -2.30. The van der Waals surface area contributed by atoms with E-state index in [9.17, 15) is 8.78 Å². The summed E-state index contributed by atoms with van der Waals surface area (Å²) in [5.74, 6) is 0. The Morgan fingerprint density at radius 3 is 2.36 bits per heavy atom. The van der Waals surface area contributed by atoms with Crippen LogP contribution in [0.2, 0.25) is 0 Å². The van der Waals surface area contributed by atoms with Crippen LogP contribution in [0.5, 0.6) is 0 Å². The number of halogens is 2. The molecule has 0 saturated heterocycles. The highest BCUT2D eigenvalue weighted by Crippen LogP contribution is 2.32. The molecule has 0 aliphatic rings. The second-order valence-corrected chi connectivity index (χ2v) is 3.97. The van der Waals surface area contributed by atoms with E-state index in [1.165, 1.54) is 18.3 Å². The average Bonchev–Trinajstić information content (AvgIpc) is 2.01. The molecule has 14 heavy (non-hydrogen) atoms. The van der Waals surface area contributed by atoms with Crippen molar-refractivity contribution in [1.29, 1.82) is 0 Å². The minimum absolute atomic E-state index is 0.227. The standard InChI is InChI=1S/C10H13F2NO/c1-9(2,3)14-10(11,12)8-5-4-6-13-7-8/h4-7H,1-3H3. The first-order chi connectivity index (χ1) is 6.31. The number of nitrogens with zero attached hydrogens (tertiary/aromatic N) is 1. The second kappa shape index (κ2) is 3.61. The number of aromatic nitrogens is 1. The second-order valence-electron chi connectivity index (χ2n) is 3.97. The number of rotatable bonds is 2. The molecule has 0 amide bonds. The Labute approximate surface area is 81.9 Å². The molecule has 0 radical (unpaired) electrons. The van der Waals surface area contributed by atoms with Crippen molar-refractivity contribution >= 4 is 0 Å². The van der Waals surface area contributed by atoms with Crippen LogP contribution < -0.4 is 0 Å². The summed E-state index contributed by atoms with van der Waals surface area (Å²) in [6.07, 6.45) is -0.741. The van der Waals surface area contributed by atoms with Crippen molar-refractivity contribution in [2.75, 3.05) is 0 Å². The van der Waals surface area contributed by atoms with Crippen LogP contribution in [-0.2, 0) is 10.8 Å². The molecule has 1 aromatic heterocycles. The summed E-state index contributed by atoms with van der Waals surface area (Å²) in [6, 6.07) is 2.74. The summed E-state index contributed by atoms with van der Waals surface area (Å²) in [5, 5.41) is 0. The summed E-state index contributed by atoms with van der Waals surface area (Å²) in [5.41, 5.74) is -1.12. The van der Waals surface area contributed by atoms with Crippen LogP contribution in [0.3, 0.4) is 0 Å². The fourth-order valence-corrected chi connectivity index (χ4v) is 0.978. The topological polar surface area (TPSA) is 22.1 Å².